The molecule has 2 aromatic heterocycles. The van der Waals surface area contributed by atoms with Gasteiger partial charge in [-0.15, -0.1) is 0 Å². The first kappa shape index (κ1) is 16.3. The fourth-order valence-corrected chi connectivity index (χ4v) is 2.81. The van der Waals surface area contributed by atoms with Crippen LogP contribution in [0.4, 0.5) is 0 Å². The summed E-state index contributed by atoms with van der Waals surface area (Å²) < 4.78 is 9.95. The molecule has 0 atom stereocenters. The van der Waals surface area contributed by atoms with Crippen molar-refractivity contribution in [3.8, 4) is 5.75 Å². The van der Waals surface area contributed by atoms with Gasteiger partial charge in [-0.3, -0.25) is 0 Å². The lowest BCUT2D eigenvalue weighted by Crippen LogP contribution is -2.00. The fourth-order valence-electron chi connectivity index (χ4n) is 2.43. The molecule has 6 nitrogen and oxygen atoms in total. The summed E-state index contributed by atoms with van der Waals surface area (Å²) in [6.45, 7) is 0. The molecule has 7 heteroatoms. The SMILES string of the molecule is COC(=O)c1cc2c(Cc3ccc(OC)cc3)nc(SC)nc2[nH]1. The van der Waals surface area contributed by atoms with E-state index in [0.717, 1.165) is 22.4 Å². The van der Waals surface area contributed by atoms with E-state index in [1.165, 1.54) is 18.9 Å². The number of thioether (sulfide) groups is 1. The van der Waals surface area contributed by atoms with Gasteiger partial charge in [0.05, 0.1) is 19.9 Å². The number of esters is 1. The second kappa shape index (κ2) is 6.92. The maximum atomic E-state index is 11.8. The molecule has 0 unspecified atom stereocenters. The molecule has 0 spiro atoms. The maximum absolute atomic E-state index is 11.8. The van der Waals surface area contributed by atoms with Gasteiger partial charge >= 0.3 is 5.97 Å². The third kappa shape index (κ3) is 3.21. The predicted molar refractivity (Wildman–Crippen MR) is 92.8 cm³/mol. The number of aromatic nitrogens is 3. The zero-order valence-electron chi connectivity index (χ0n) is 13.6. The fraction of sp³-hybridized carbons (Fsp3) is 0.235. The number of fused-ring (bicyclic) bond motifs is 1. The van der Waals surface area contributed by atoms with E-state index in [-0.39, 0.29) is 0 Å². The first-order valence-corrected chi connectivity index (χ1v) is 8.52. The third-order valence-electron chi connectivity index (χ3n) is 3.66. The Morgan fingerprint density at radius 3 is 2.58 bits per heavy atom. The summed E-state index contributed by atoms with van der Waals surface area (Å²) in [6.07, 6.45) is 2.55. The van der Waals surface area contributed by atoms with E-state index >= 15 is 0 Å². The highest BCUT2D eigenvalue weighted by molar-refractivity contribution is 7.98. The van der Waals surface area contributed by atoms with Gasteiger partial charge in [-0.25, -0.2) is 14.8 Å². The molecule has 1 N–H and O–H groups in total. The van der Waals surface area contributed by atoms with Crippen LogP contribution in [0.5, 0.6) is 5.75 Å². The molecule has 0 radical (unpaired) electrons. The zero-order valence-corrected chi connectivity index (χ0v) is 14.4. The van der Waals surface area contributed by atoms with Crippen LogP contribution in [-0.2, 0) is 11.2 Å². The van der Waals surface area contributed by atoms with Crippen LogP contribution in [-0.4, -0.2) is 41.4 Å². The Kier molecular flexibility index (Phi) is 4.71. The standard InChI is InChI=1S/C17H17N3O3S/c1-22-11-6-4-10(5-7-11)8-13-12-9-14(16(21)23-2)18-15(12)20-17(19-13)24-3/h4-7,9H,8H2,1-3H3,(H,18,19,20). The van der Waals surface area contributed by atoms with Crippen molar-refractivity contribution in [2.45, 2.75) is 11.6 Å². The highest BCUT2D eigenvalue weighted by atomic mass is 32.2. The van der Waals surface area contributed by atoms with Gasteiger partial charge in [-0.1, -0.05) is 23.9 Å². The molecule has 0 aliphatic rings. The van der Waals surface area contributed by atoms with Crippen molar-refractivity contribution in [1.82, 2.24) is 15.0 Å². The second-order valence-corrected chi connectivity index (χ2v) is 5.89. The average molecular weight is 343 g/mol. The molecule has 1 aromatic carbocycles. The van der Waals surface area contributed by atoms with E-state index < -0.39 is 5.97 Å². The highest BCUT2D eigenvalue weighted by Crippen LogP contribution is 2.24. The first-order valence-electron chi connectivity index (χ1n) is 7.29. The van der Waals surface area contributed by atoms with Gasteiger partial charge in [0.2, 0.25) is 0 Å². The molecule has 3 rings (SSSR count). The first-order chi connectivity index (χ1) is 11.6. The molecule has 2 heterocycles. The van der Waals surface area contributed by atoms with Gasteiger partial charge in [0.25, 0.3) is 0 Å². The average Bonchev–Trinajstić information content (AvgIpc) is 3.06. The molecule has 124 valence electrons. The largest absolute Gasteiger partial charge is 0.497 e. The summed E-state index contributed by atoms with van der Waals surface area (Å²) in [5, 5.41) is 1.48. The molecular weight excluding hydrogens is 326 g/mol. The smallest absolute Gasteiger partial charge is 0.354 e. The number of ether oxygens (including phenoxy) is 2. The Bertz CT molecular complexity index is 875. The Hall–Kier alpha value is -2.54. The minimum absolute atomic E-state index is 0.371. The summed E-state index contributed by atoms with van der Waals surface area (Å²) in [5.74, 6) is 0.389. The van der Waals surface area contributed by atoms with Crippen LogP contribution in [0, 0.1) is 0 Å². The second-order valence-electron chi connectivity index (χ2n) is 5.12. The summed E-state index contributed by atoms with van der Waals surface area (Å²) >= 11 is 1.46. The van der Waals surface area contributed by atoms with E-state index in [4.69, 9.17) is 9.47 Å². The van der Waals surface area contributed by atoms with Crippen molar-refractivity contribution in [3.05, 3.63) is 47.3 Å². The van der Waals surface area contributed by atoms with Crippen molar-refractivity contribution < 1.29 is 14.3 Å². The number of nitrogens with zero attached hydrogens (tertiary/aromatic N) is 2. The van der Waals surface area contributed by atoms with E-state index in [2.05, 4.69) is 15.0 Å². The van der Waals surface area contributed by atoms with Crippen LogP contribution in [0.25, 0.3) is 11.0 Å². The molecular formula is C17H17N3O3S. The molecule has 24 heavy (non-hydrogen) atoms. The maximum Gasteiger partial charge on any atom is 0.354 e. The van der Waals surface area contributed by atoms with Crippen molar-refractivity contribution in [1.29, 1.82) is 0 Å². The number of hydrogen-bond acceptors (Lipinski definition) is 6. The quantitative estimate of drug-likeness (QED) is 0.436. The number of hydrogen-bond donors (Lipinski definition) is 1. The minimum Gasteiger partial charge on any atom is -0.497 e. The van der Waals surface area contributed by atoms with Crippen LogP contribution >= 0.6 is 11.8 Å². The van der Waals surface area contributed by atoms with Crippen molar-refractivity contribution >= 4 is 28.8 Å². The Labute approximate surface area is 143 Å². The normalized spacial score (nSPS) is 10.8. The van der Waals surface area contributed by atoms with Crippen molar-refractivity contribution in [2.24, 2.45) is 0 Å². The number of benzene rings is 1. The van der Waals surface area contributed by atoms with Crippen LogP contribution in [0.1, 0.15) is 21.7 Å². The van der Waals surface area contributed by atoms with E-state index in [9.17, 15) is 4.79 Å². The van der Waals surface area contributed by atoms with E-state index in [0.29, 0.717) is 22.9 Å². The van der Waals surface area contributed by atoms with Crippen LogP contribution < -0.4 is 4.74 Å². The minimum atomic E-state index is -0.422. The third-order valence-corrected chi connectivity index (χ3v) is 4.21. The number of carbonyl (C=O) groups is 1. The van der Waals surface area contributed by atoms with Gasteiger partial charge in [0.15, 0.2) is 5.16 Å². The molecule has 0 saturated heterocycles. The Balaban J connectivity index is 2.03. The van der Waals surface area contributed by atoms with E-state index in [1.54, 1.807) is 13.2 Å². The zero-order chi connectivity index (χ0) is 17.1. The van der Waals surface area contributed by atoms with Crippen molar-refractivity contribution in [2.75, 3.05) is 20.5 Å². The molecule has 0 aliphatic carbocycles. The predicted octanol–water partition coefficient (Wildman–Crippen LogP) is 3.07. The number of rotatable bonds is 5. The summed E-state index contributed by atoms with van der Waals surface area (Å²) in [7, 11) is 2.99. The van der Waals surface area contributed by atoms with Crippen molar-refractivity contribution in [3.63, 3.8) is 0 Å². The summed E-state index contributed by atoms with van der Waals surface area (Å²) in [4.78, 5) is 23.8. The number of nitrogens with one attached hydrogen (secondary N) is 1. The van der Waals surface area contributed by atoms with Gasteiger partial charge in [-0.2, -0.15) is 0 Å². The van der Waals surface area contributed by atoms with Gasteiger partial charge in [-0.05, 0) is 30.0 Å². The number of aromatic amines is 1. The number of H-pyrrole nitrogens is 1. The van der Waals surface area contributed by atoms with Gasteiger partial charge < -0.3 is 14.5 Å². The Morgan fingerprint density at radius 2 is 1.96 bits per heavy atom. The highest BCUT2D eigenvalue weighted by Gasteiger charge is 2.15. The number of methoxy groups -OCH3 is 2. The van der Waals surface area contributed by atoms with Gasteiger partial charge in [0.1, 0.15) is 17.1 Å². The van der Waals surface area contributed by atoms with Crippen LogP contribution in [0.2, 0.25) is 0 Å². The molecule has 0 aliphatic heterocycles. The monoisotopic (exact) mass is 343 g/mol. The van der Waals surface area contributed by atoms with Gasteiger partial charge in [0, 0.05) is 11.8 Å². The molecule has 0 saturated carbocycles. The topological polar surface area (TPSA) is 77.1 Å². The lowest BCUT2D eigenvalue weighted by molar-refractivity contribution is 0.0595. The van der Waals surface area contributed by atoms with E-state index in [1.807, 2.05) is 30.5 Å². The summed E-state index contributed by atoms with van der Waals surface area (Å²) in [6, 6.07) is 9.57. The molecule has 0 bridgehead atoms. The Morgan fingerprint density at radius 1 is 1.21 bits per heavy atom. The lowest BCUT2D eigenvalue weighted by atomic mass is 10.1. The molecule has 3 aromatic rings. The lowest BCUT2D eigenvalue weighted by Gasteiger charge is -2.06. The molecule has 0 fully saturated rings. The number of carbonyl (C=O) groups excluding carboxylic acids is 1. The summed E-state index contributed by atoms with van der Waals surface area (Å²) in [5.41, 5.74) is 2.97. The molecule has 0 amide bonds. The van der Waals surface area contributed by atoms with Crippen LogP contribution in [0.3, 0.4) is 0 Å². The van der Waals surface area contributed by atoms with Crippen LogP contribution in [0.15, 0.2) is 35.5 Å².